The first-order chi connectivity index (χ1) is 6.95. The zero-order chi connectivity index (χ0) is 11.6. The van der Waals surface area contributed by atoms with Crippen LogP contribution in [0.1, 0.15) is 47.0 Å². The van der Waals surface area contributed by atoms with Crippen molar-refractivity contribution in [1.82, 2.24) is 0 Å². The minimum absolute atomic E-state index is 0.0589. The van der Waals surface area contributed by atoms with Crippen LogP contribution < -0.4 is 0 Å². The number of allylic oxidation sites excluding steroid dienone is 2. The summed E-state index contributed by atoms with van der Waals surface area (Å²) >= 11 is 0. The number of carbonyl (C=O) groups is 2. The highest BCUT2D eigenvalue weighted by Gasteiger charge is 2.28. The standard InChI is InChI=1S/C13H20O2/c1-8(2)12(9(3)4)13-10(14)6-5-7-11(13)15/h8-9H,5-7H2,1-4H3. The van der Waals surface area contributed by atoms with E-state index < -0.39 is 0 Å². The third kappa shape index (κ3) is 2.55. The van der Waals surface area contributed by atoms with Crippen LogP contribution in [-0.4, -0.2) is 11.6 Å². The van der Waals surface area contributed by atoms with Gasteiger partial charge >= 0.3 is 0 Å². The van der Waals surface area contributed by atoms with Gasteiger partial charge in [0.2, 0.25) is 0 Å². The van der Waals surface area contributed by atoms with Crippen molar-refractivity contribution in [3.05, 3.63) is 11.1 Å². The lowest BCUT2D eigenvalue weighted by atomic mass is 9.80. The molecular weight excluding hydrogens is 188 g/mol. The Labute approximate surface area is 91.7 Å². The van der Waals surface area contributed by atoms with Crippen molar-refractivity contribution in [3.8, 4) is 0 Å². The van der Waals surface area contributed by atoms with Crippen molar-refractivity contribution in [1.29, 1.82) is 0 Å². The summed E-state index contributed by atoms with van der Waals surface area (Å²) in [7, 11) is 0. The van der Waals surface area contributed by atoms with Crippen LogP contribution in [0.25, 0.3) is 0 Å². The van der Waals surface area contributed by atoms with Gasteiger partial charge in [-0.25, -0.2) is 0 Å². The van der Waals surface area contributed by atoms with Gasteiger partial charge in [0.1, 0.15) is 0 Å². The molecule has 1 aliphatic rings. The van der Waals surface area contributed by atoms with E-state index in [0.717, 1.165) is 12.0 Å². The van der Waals surface area contributed by atoms with Gasteiger partial charge in [-0.15, -0.1) is 0 Å². The van der Waals surface area contributed by atoms with Gasteiger partial charge in [-0.2, -0.15) is 0 Å². The van der Waals surface area contributed by atoms with Crippen LogP contribution >= 0.6 is 0 Å². The third-order valence-corrected chi connectivity index (χ3v) is 2.90. The lowest BCUT2D eigenvalue weighted by Crippen LogP contribution is -2.24. The highest BCUT2D eigenvalue weighted by Crippen LogP contribution is 2.29. The number of ketones is 2. The second-order valence-electron chi connectivity index (χ2n) is 4.84. The molecule has 0 N–H and O–H groups in total. The van der Waals surface area contributed by atoms with E-state index in [0.29, 0.717) is 18.4 Å². The van der Waals surface area contributed by atoms with Crippen LogP contribution in [0.2, 0.25) is 0 Å². The average molecular weight is 208 g/mol. The normalized spacial score (nSPS) is 17.9. The first-order valence-corrected chi connectivity index (χ1v) is 5.75. The topological polar surface area (TPSA) is 34.1 Å². The minimum atomic E-state index is 0.0589. The fourth-order valence-electron chi connectivity index (χ4n) is 2.38. The summed E-state index contributed by atoms with van der Waals surface area (Å²) in [6, 6.07) is 0. The lowest BCUT2D eigenvalue weighted by Gasteiger charge is -2.22. The Balaban J connectivity index is 3.21. The zero-order valence-electron chi connectivity index (χ0n) is 10.1. The lowest BCUT2D eigenvalue weighted by molar-refractivity contribution is -0.124. The van der Waals surface area contributed by atoms with Crippen molar-refractivity contribution < 1.29 is 9.59 Å². The third-order valence-electron chi connectivity index (χ3n) is 2.90. The minimum Gasteiger partial charge on any atom is -0.294 e. The fraction of sp³-hybridized carbons (Fsp3) is 0.692. The predicted octanol–water partition coefficient (Wildman–Crippen LogP) is 2.92. The second kappa shape index (κ2) is 4.73. The first-order valence-electron chi connectivity index (χ1n) is 5.75. The summed E-state index contributed by atoms with van der Waals surface area (Å²) < 4.78 is 0. The molecule has 0 saturated heterocycles. The summed E-state index contributed by atoms with van der Waals surface area (Å²) in [5.74, 6) is 0.685. The largest absolute Gasteiger partial charge is 0.294 e. The molecule has 0 atom stereocenters. The molecule has 1 aliphatic carbocycles. The van der Waals surface area contributed by atoms with Crippen LogP contribution in [0.5, 0.6) is 0 Å². The Morgan fingerprint density at radius 3 is 1.67 bits per heavy atom. The summed E-state index contributed by atoms with van der Waals surface area (Å²) in [5.41, 5.74) is 1.57. The molecule has 2 heteroatoms. The van der Waals surface area contributed by atoms with Crippen LogP contribution in [-0.2, 0) is 9.59 Å². The summed E-state index contributed by atoms with van der Waals surface area (Å²) in [5, 5.41) is 0. The van der Waals surface area contributed by atoms with Crippen molar-refractivity contribution >= 4 is 11.6 Å². The van der Waals surface area contributed by atoms with Crippen molar-refractivity contribution in [2.24, 2.45) is 11.8 Å². The Bertz CT molecular complexity index is 280. The van der Waals surface area contributed by atoms with E-state index in [2.05, 4.69) is 27.7 Å². The van der Waals surface area contributed by atoms with E-state index in [1.165, 1.54) is 0 Å². The van der Waals surface area contributed by atoms with Gasteiger partial charge in [-0.05, 0) is 18.3 Å². The molecular formula is C13H20O2. The molecule has 0 unspecified atom stereocenters. The molecule has 2 nitrogen and oxygen atoms in total. The Kier molecular flexibility index (Phi) is 3.83. The molecule has 0 bridgehead atoms. The Morgan fingerprint density at radius 2 is 1.33 bits per heavy atom. The second-order valence-corrected chi connectivity index (χ2v) is 4.84. The molecule has 0 aromatic rings. The molecule has 84 valence electrons. The van der Waals surface area contributed by atoms with Gasteiger partial charge in [0.25, 0.3) is 0 Å². The number of Topliss-reactive ketones (excluding diaryl/α,β-unsaturated/α-hetero) is 2. The van der Waals surface area contributed by atoms with Crippen molar-refractivity contribution in [3.63, 3.8) is 0 Å². The molecule has 0 spiro atoms. The maximum Gasteiger partial charge on any atom is 0.166 e. The molecule has 1 fully saturated rings. The monoisotopic (exact) mass is 208 g/mol. The predicted molar refractivity (Wildman–Crippen MR) is 60.6 cm³/mol. The van der Waals surface area contributed by atoms with E-state index in [-0.39, 0.29) is 23.4 Å². The van der Waals surface area contributed by atoms with Gasteiger partial charge in [-0.3, -0.25) is 9.59 Å². The van der Waals surface area contributed by atoms with Crippen LogP contribution in [0, 0.1) is 11.8 Å². The van der Waals surface area contributed by atoms with Gasteiger partial charge in [0, 0.05) is 12.8 Å². The summed E-state index contributed by atoms with van der Waals surface area (Å²) in [4.78, 5) is 23.6. The van der Waals surface area contributed by atoms with Crippen LogP contribution in [0.3, 0.4) is 0 Å². The molecule has 1 saturated carbocycles. The van der Waals surface area contributed by atoms with Crippen molar-refractivity contribution in [2.45, 2.75) is 47.0 Å². The number of carbonyl (C=O) groups excluding carboxylic acids is 2. The Morgan fingerprint density at radius 1 is 0.933 bits per heavy atom. The maximum absolute atomic E-state index is 11.8. The highest BCUT2D eigenvalue weighted by atomic mass is 16.1. The van der Waals surface area contributed by atoms with Gasteiger partial charge < -0.3 is 0 Å². The van der Waals surface area contributed by atoms with E-state index in [1.54, 1.807) is 0 Å². The molecule has 0 amide bonds. The smallest absolute Gasteiger partial charge is 0.166 e. The van der Waals surface area contributed by atoms with Gasteiger partial charge in [-0.1, -0.05) is 33.3 Å². The van der Waals surface area contributed by atoms with E-state index in [9.17, 15) is 9.59 Å². The molecule has 0 aromatic heterocycles. The molecule has 0 heterocycles. The van der Waals surface area contributed by atoms with Crippen LogP contribution in [0.4, 0.5) is 0 Å². The number of hydrogen-bond donors (Lipinski definition) is 0. The van der Waals surface area contributed by atoms with E-state index in [4.69, 9.17) is 0 Å². The summed E-state index contributed by atoms with van der Waals surface area (Å²) in [6.45, 7) is 8.21. The molecule has 0 aliphatic heterocycles. The first kappa shape index (κ1) is 12.2. The van der Waals surface area contributed by atoms with E-state index >= 15 is 0 Å². The molecule has 0 aromatic carbocycles. The average Bonchev–Trinajstić information content (AvgIpc) is 2.09. The number of hydrogen-bond acceptors (Lipinski definition) is 2. The Hall–Kier alpha value is -0.920. The molecule has 15 heavy (non-hydrogen) atoms. The van der Waals surface area contributed by atoms with E-state index in [1.807, 2.05) is 0 Å². The number of rotatable bonds is 2. The maximum atomic E-state index is 11.8. The zero-order valence-corrected chi connectivity index (χ0v) is 10.1. The summed E-state index contributed by atoms with van der Waals surface area (Å²) in [6.07, 6.45) is 1.82. The van der Waals surface area contributed by atoms with Crippen LogP contribution in [0.15, 0.2) is 11.1 Å². The van der Waals surface area contributed by atoms with Crippen molar-refractivity contribution in [2.75, 3.05) is 0 Å². The molecule has 1 rings (SSSR count). The van der Waals surface area contributed by atoms with Gasteiger partial charge in [0.15, 0.2) is 11.6 Å². The fourth-order valence-corrected chi connectivity index (χ4v) is 2.38. The highest BCUT2D eigenvalue weighted by molar-refractivity contribution is 6.22. The quantitative estimate of drug-likeness (QED) is 0.516. The SMILES string of the molecule is CC(C)C(=C1C(=O)CCCC1=O)C(C)C. The molecule has 0 radical (unpaired) electrons. The van der Waals surface area contributed by atoms with Gasteiger partial charge in [0.05, 0.1) is 5.57 Å².